The highest BCUT2D eigenvalue weighted by Gasteiger charge is 2.31. The van der Waals surface area contributed by atoms with Crippen molar-refractivity contribution >= 4 is 0 Å². The van der Waals surface area contributed by atoms with Crippen molar-refractivity contribution < 1.29 is 13.2 Å². The van der Waals surface area contributed by atoms with Gasteiger partial charge in [-0.25, -0.2) is 4.68 Å². The van der Waals surface area contributed by atoms with Crippen LogP contribution in [0, 0.1) is 6.92 Å². The van der Waals surface area contributed by atoms with Crippen molar-refractivity contribution in [2.75, 3.05) is 0 Å². The SMILES string of the molecule is Cc1ccc(C(F)(F)F)cc1-n1ccc(CN)n1. The molecule has 0 unspecified atom stereocenters. The summed E-state index contributed by atoms with van der Waals surface area (Å²) in [5.74, 6) is 0. The lowest BCUT2D eigenvalue weighted by Gasteiger charge is -2.11. The van der Waals surface area contributed by atoms with Crippen molar-refractivity contribution in [2.45, 2.75) is 19.6 Å². The lowest BCUT2D eigenvalue weighted by atomic mass is 10.1. The molecule has 18 heavy (non-hydrogen) atoms. The Morgan fingerprint density at radius 3 is 2.56 bits per heavy atom. The number of nitrogens with zero attached hydrogens (tertiary/aromatic N) is 2. The molecule has 0 atom stereocenters. The molecule has 2 rings (SSSR count). The molecule has 0 radical (unpaired) electrons. The normalized spacial score (nSPS) is 11.8. The van der Waals surface area contributed by atoms with E-state index >= 15 is 0 Å². The summed E-state index contributed by atoms with van der Waals surface area (Å²) >= 11 is 0. The van der Waals surface area contributed by atoms with Crippen molar-refractivity contribution in [2.24, 2.45) is 5.73 Å². The number of halogens is 3. The van der Waals surface area contributed by atoms with E-state index < -0.39 is 11.7 Å². The highest BCUT2D eigenvalue weighted by Crippen LogP contribution is 2.31. The Morgan fingerprint density at radius 1 is 1.28 bits per heavy atom. The first kappa shape index (κ1) is 12.6. The molecular weight excluding hydrogens is 243 g/mol. The summed E-state index contributed by atoms with van der Waals surface area (Å²) in [5, 5.41) is 4.11. The van der Waals surface area contributed by atoms with E-state index in [-0.39, 0.29) is 6.54 Å². The van der Waals surface area contributed by atoms with E-state index in [4.69, 9.17) is 5.73 Å². The van der Waals surface area contributed by atoms with Gasteiger partial charge in [0.15, 0.2) is 0 Å². The quantitative estimate of drug-likeness (QED) is 0.896. The van der Waals surface area contributed by atoms with Crippen molar-refractivity contribution in [3.05, 3.63) is 47.3 Å². The summed E-state index contributed by atoms with van der Waals surface area (Å²) in [5.41, 5.74) is 6.49. The molecule has 0 amide bonds. The van der Waals surface area contributed by atoms with Gasteiger partial charge in [-0.05, 0) is 30.7 Å². The zero-order chi connectivity index (χ0) is 13.3. The van der Waals surface area contributed by atoms with Gasteiger partial charge in [-0.2, -0.15) is 18.3 Å². The van der Waals surface area contributed by atoms with Gasteiger partial charge in [-0.15, -0.1) is 0 Å². The summed E-state index contributed by atoms with van der Waals surface area (Å²) in [7, 11) is 0. The number of hydrogen-bond acceptors (Lipinski definition) is 2. The standard InChI is InChI=1S/C12H12F3N3/c1-8-2-3-9(12(13,14)15)6-11(8)18-5-4-10(7-16)17-18/h2-6H,7,16H2,1H3. The van der Waals surface area contributed by atoms with Gasteiger partial charge >= 0.3 is 6.18 Å². The number of rotatable bonds is 2. The maximum absolute atomic E-state index is 12.6. The predicted octanol–water partition coefficient (Wildman–Crippen LogP) is 2.66. The average Bonchev–Trinajstić information content (AvgIpc) is 2.76. The molecule has 1 aromatic carbocycles. The number of aromatic nitrogens is 2. The number of aryl methyl sites for hydroxylation is 1. The molecule has 0 saturated heterocycles. The highest BCUT2D eigenvalue weighted by molar-refractivity contribution is 5.43. The fourth-order valence-electron chi connectivity index (χ4n) is 1.64. The van der Waals surface area contributed by atoms with Gasteiger partial charge in [0.05, 0.1) is 16.9 Å². The second kappa shape index (κ2) is 4.45. The molecule has 1 aromatic heterocycles. The van der Waals surface area contributed by atoms with Crippen LogP contribution >= 0.6 is 0 Å². The van der Waals surface area contributed by atoms with Gasteiger partial charge in [-0.3, -0.25) is 0 Å². The van der Waals surface area contributed by atoms with Gasteiger partial charge in [0.2, 0.25) is 0 Å². The molecule has 0 aliphatic carbocycles. The van der Waals surface area contributed by atoms with Crippen molar-refractivity contribution in [1.29, 1.82) is 0 Å². The molecule has 2 N–H and O–H groups in total. The first-order valence-electron chi connectivity index (χ1n) is 5.34. The van der Waals surface area contributed by atoms with Crippen LogP contribution in [0.4, 0.5) is 13.2 Å². The summed E-state index contributed by atoms with van der Waals surface area (Å²) in [6.45, 7) is 1.99. The molecule has 0 spiro atoms. The van der Waals surface area contributed by atoms with Crippen molar-refractivity contribution in [3.63, 3.8) is 0 Å². The largest absolute Gasteiger partial charge is 0.416 e. The van der Waals surface area contributed by atoms with Crippen molar-refractivity contribution in [3.8, 4) is 5.69 Å². The van der Waals surface area contributed by atoms with Crippen LogP contribution in [0.1, 0.15) is 16.8 Å². The molecule has 0 aliphatic rings. The Balaban J connectivity index is 2.49. The third kappa shape index (κ3) is 2.38. The fourth-order valence-corrected chi connectivity index (χ4v) is 1.64. The molecular formula is C12H12F3N3. The van der Waals surface area contributed by atoms with E-state index in [1.54, 1.807) is 19.2 Å². The topological polar surface area (TPSA) is 43.8 Å². The molecule has 3 nitrogen and oxygen atoms in total. The molecule has 2 aromatic rings. The van der Waals surface area contributed by atoms with E-state index in [1.165, 1.54) is 10.7 Å². The number of alkyl halides is 3. The second-order valence-electron chi connectivity index (χ2n) is 3.95. The average molecular weight is 255 g/mol. The molecule has 0 aliphatic heterocycles. The molecule has 6 heteroatoms. The molecule has 0 bridgehead atoms. The minimum absolute atomic E-state index is 0.255. The Bertz CT molecular complexity index is 558. The number of benzene rings is 1. The van der Waals surface area contributed by atoms with Crippen molar-refractivity contribution in [1.82, 2.24) is 9.78 Å². The minimum Gasteiger partial charge on any atom is -0.325 e. The first-order chi connectivity index (χ1) is 8.41. The second-order valence-corrected chi connectivity index (χ2v) is 3.95. The Morgan fingerprint density at radius 2 is 2.00 bits per heavy atom. The van der Waals surface area contributed by atoms with Crippen LogP contribution in [0.3, 0.4) is 0 Å². The smallest absolute Gasteiger partial charge is 0.325 e. The summed E-state index contributed by atoms with van der Waals surface area (Å²) in [4.78, 5) is 0. The summed E-state index contributed by atoms with van der Waals surface area (Å²) < 4.78 is 39.3. The maximum atomic E-state index is 12.6. The lowest BCUT2D eigenvalue weighted by molar-refractivity contribution is -0.137. The van der Waals surface area contributed by atoms with Crippen LogP contribution in [0.5, 0.6) is 0 Å². The zero-order valence-corrected chi connectivity index (χ0v) is 9.70. The van der Waals surface area contributed by atoms with Gasteiger partial charge in [0.25, 0.3) is 0 Å². The van der Waals surface area contributed by atoms with Gasteiger partial charge in [0.1, 0.15) is 0 Å². The highest BCUT2D eigenvalue weighted by atomic mass is 19.4. The van der Waals surface area contributed by atoms with Gasteiger partial charge in [-0.1, -0.05) is 6.07 Å². The van der Waals surface area contributed by atoms with Crippen LogP contribution < -0.4 is 5.73 Å². The Hall–Kier alpha value is -1.82. The molecule has 1 heterocycles. The van der Waals surface area contributed by atoms with Crippen LogP contribution in [-0.2, 0) is 12.7 Å². The predicted molar refractivity (Wildman–Crippen MR) is 61.2 cm³/mol. The summed E-state index contributed by atoms with van der Waals surface area (Å²) in [6.07, 6.45) is -2.75. The fraction of sp³-hybridized carbons (Fsp3) is 0.250. The van der Waals surface area contributed by atoms with Crippen LogP contribution in [-0.4, -0.2) is 9.78 Å². The molecule has 0 saturated carbocycles. The Kier molecular flexibility index (Phi) is 3.13. The van der Waals surface area contributed by atoms with Crippen LogP contribution in [0.15, 0.2) is 30.5 Å². The maximum Gasteiger partial charge on any atom is 0.416 e. The minimum atomic E-state index is -4.35. The summed E-state index contributed by atoms with van der Waals surface area (Å²) in [6, 6.07) is 5.26. The van der Waals surface area contributed by atoms with Crippen LogP contribution in [0.25, 0.3) is 5.69 Å². The van der Waals surface area contributed by atoms with Gasteiger partial charge in [0, 0.05) is 12.7 Å². The number of nitrogens with two attached hydrogens (primary N) is 1. The monoisotopic (exact) mass is 255 g/mol. The van der Waals surface area contributed by atoms with E-state index in [2.05, 4.69) is 5.10 Å². The van der Waals surface area contributed by atoms with E-state index in [0.717, 1.165) is 17.7 Å². The van der Waals surface area contributed by atoms with Gasteiger partial charge < -0.3 is 5.73 Å². The van der Waals surface area contributed by atoms with E-state index in [9.17, 15) is 13.2 Å². The lowest BCUT2D eigenvalue weighted by Crippen LogP contribution is -2.08. The third-order valence-corrected chi connectivity index (χ3v) is 2.64. The van der Waals surface area contributed by atoms with E-state index in [1.807, 2.05) is 0 Å². The third-order valence-electron chi connectivity index (χ3n) is 2.64. The zero-order valence-electron chi connectivity index (χ0n) is 9.70. The number of hydrogen-bond donors (Lipinski definition) is 1. The van der Waals surface area contributed by atoms with Crippen LogP contribution in [0.2, 0.25) is 0 Å². The molecule has 96 valence electrons. The molecule has 0 fully saturated rings. The first-order valence-corrected chi connectivity index (χ1v) is 5.34. The van der Waals surface area contributed by atoms with E-state index in [0.29, 0.717) is 11.4 Å². The Labute approximate surface area is 102 Å².